The van der Waals surface area contributed by atoms with E-state index in [4.69, 9.17) is 18.6 Å². The van der Waals surface area contributed by atoms with Gasteiger partial charge in [0.2, 0.25) is 0 Å². The van der Waals surface area contributed by atoms with Crippen molar-refractivity contribution in [3.8, 4) is 0 Å². The van der Waals surface area contributed by atoms with Gasteiger partial charge < -0.3 is 23.2 Å². The lowest BCUT2D eigenvalue weighted by atomic mass is 9.76. The van der Waals surface area contributed by atoms with E-state index < -0.39 is 7.12 Å². The zero-order chi connectivity index (χ0) is 22.8. The highest BCUT2D eigenvalue weighted by Crippen LogP contribution is 2.37. The summed E-state index contributed by atoms with van der Waals surface area (Å²) in [6.07, 6.45) is 0. The highest BCUT2D eigenvalue weighted by atomic mass is 16.7. The van der Waals surface area contributed by atoms with E-state index >= 15 is 0 Å². The molecule has 4 rings (SSSR count). The molecule has 1 fully saturated rings. The van der Waals surface area contributed by atoms with Crippen LogP contribution in [0.3, 0.4) is 0 Å². The average molecular weight is 421 g/mol. The molecule has 0 radical (unpaired) electrons. The molecule has 0 N–H and O–H groups in total. The minimum absolute atomic E-state index is 0.307. The van der Waals surface area contributed by atoms with E-state index in [2.05, 4.69) is 75.7 Å². The van der Waals surface area contributed by atoms with Gasteiger partial charge in [0.1, 0.15) is 0 Å². The van der Waals surface area contributed by atoms with E-state index in [0.717, 1.165) is 32.7 Å². The van der Waals surface area contributed by atoms with Crippen LogP contribution in [0.25, 0.3) is 21.8 Å². The number of benzene rings is 2. The van der Waals surface area contributed by atoms with Gasteiger partial charge in [0, 0.05) is 41.6 Å². The van der Waals surface area contributed by atoms with Gasteiger partial charge >= 0.3 is 14.2 Å². The molecule has 1 saturated heterocycles. The van der Waals surface area contributed by atoms with Gasteiger partial charge in [-0.05, 0) is 71.5 Å². The number of hydrogen-bond acceptors (Lipinski definition) is 4. The van der Waals surface area contributed by atoms with Gasteiger partial charge in [-0.2, -0.15) is 0 Å². The van der Waals surface area contributed by atoms with Crippen molar-refractivity contribution in [2.75, 3.05) is 7.11 Å². The zero-order valence-corrected chi connectivity index (χ0v) is 20.2. The molecule has 0 saturated carbocycles. The molecule has 0 bridgehead atoms. The number of fused-ring (bicyclic) bond motifs is 3. The lowest BCUT2D eigenvalue weighted by Crippen LogP contribution is -2.41. The fourth-order valence-electron chi connectivity index (χ4n) is 4.10. The summed E-state index contributed by atoms with van der Waals surface area (Å²) in [7, 11) is 2.97. The van der Waals surface area contributed by atoms with Crippen molar-refractivity contribution in [2.24, 2.45) is 7.05 Å². The second kappa shape index (κ2) is 7.38. The van der Waals surface area contributed by atoms with Gasteiger partial charge in [0.05, 0.1) is 11.2 Å². The molecule has 1 aliphatic rings. The van der Waals surface area contributed by atoms with Crippen LogP contribution < -0.4 is 10.9 Å². The quantitative estimate of drug-likeness (QED) is 0.602. The molecule has 7 heteroatoms. The molecule has 2 heterocycles. The number of nitrogens with zero attached hydrogens (tertiary/aromatic N) is 1. The Labute approximate surface area is 186 Å². The van der Waals surface area contributed by atoms with Crippen molar-refractivity contribution in [3.05, 3.63) is 36.4 Å². The maximum atomic E-state index is 6.28. The lowest BCUT2D eigenvalue weighted by molar-refractivity contribution is 0.00578. The van der Waals surface area contributed by atoms with Gasteiger partial charge in [-0.15, -0.1) is 0 Å². The first-order valence-electron chi connectivity index (χ1n) is 10.9. The van der Waals surface area contributed by atoms with Gasteiger partial charge in [-0.25, -0.2) is 0 Å². The topological polar surface area (TPSA) is 41.9 Å². The molecule has 0 atom stereocenters. The Morgan fingerprint density at radius 1 is 0.903 bits per heavy atom. The molecule has 0 amide bonds. The average Bonchev–Trinajstić information content (AvgIpc) is 3.08. The van der Waals surface area contributed by atoms with Crippen molar-refractivity contribution in [1.29, 1.82) is 0 Å². The van der Waals surface area contributed by atoms with Crippen molar-refractivity contribution in [1.82, 2.24) is 4.57 Å². The smallest absolute Gasteiger partial charge is 0.410 e. The molecule has 31 heavy (non-hydrogen) atoms. The van der Waals surface area contributed by atoms with E-state index in [-0.39, 0.29) is 23.9 Å². The van der Waals surface area contributed by atoms with Crippen LogP contribution in [0.15, 0.2) is 36.4 Å². The van der Waals surface area contributed by atoms with Gasteiger partial charge in [-0.3, -0.25) is 0 Å². The van der Waals surface area contributed by atoms with E-state index in [9.17, 15) is 0 Å². The van der Waals surface area contributed by atoms with Crippen molar-refractivity contribution in [2.45, 2.75) is 65.3 Å². The minimum Gasteiger partial charge on any atom is -0.410 e. The fourth-order valence-corrected chi connectivity index (χ4v) is 4.10. The third-order valence-corrected chi connectivity index (χ3v) is 6.53. The lowest BCUT2D eigenvalue weighted by Gasteiger charge is -2.32. The summed E-state index contributed by atoms with van der Waals surface area (Å²) in [6, 6.07) is 12.8. The molecule has 0 spiro atoms. The minimum atomic E-state index is -0.425. The Morgan fingerprint density at radius 2 is 1.45 bits per heavy atom. The number of aromatic nitrogens is 1. The second-order valence-electron chi connectivity index (χ2n) is 10.5. The Kier molecular flexibility index (Phi) is 5.33. The predicted octanol–water partition coefficient (Wildman–Crippen LogP) is 3.79. The normalized spacial score (nSPS) is 18.3. The van der Waals surface area contributed by atoms with Crippen LogP contribution in [0.5, 0.6) is 0 Å². The van der Waals surface area contributed by atoms with E-state index in [0.29, 0.717) is 0 Å². The van der Waals surface area contributed by atoms with Crippen LogP contribution in [-0.4, -0.2) is 42.7 Å². The molecule has 5 nitrogen and oxygen atoms in total. The second-order valence-corrected chi connectivity index (χ2v) is 10.5. The standard InChI is InChI=1S/C24H33B2NO4/c1-22(2,3)29-25(28-9)16-10-12-20-18(14-16)19-15-17(11-13-21(19)27(20)8)26-30-23(4,5)24(6,7)31-26/h10-15H,1-9H3. The highest BCUT2D eigenvalue weighted by molar-refractivity contribution is 6.63. The molecule has 3 aromatic rings. The summed E-state index contributed by atoms with van der Waals surface area (Å²) in [5.41, 5.74) is 3.31. The Balaban J connectivity index is 1.80. The SMILES string of the molecule is COB(OC(C)(C)C)c1ccc2c(c1)c1cc(B3OC(C)(C)C(C)(C)O3)ccc1n2C. The van der Waals surface area contributed by atoms with Crippen LogP contribution in [-0.2, 0) is 25.7 Å². The van der Waals surface area contributed by atoms with Gasteiger partial charge in [0.25, 0.3) is 0 Å². The number of rotatable bonds is 4. The molecule has 1 aromatic heterocycles. The van der Waals surface area contributed by atoms with E-state index in [1.807, 2.05) is 20.8 Å². The predicted molar refractivity (Wildman–Crippen MR) is 129 cm³/mol. The summed E-state index contributed by atoms with van der Waals surface area (Å²) in [4.78, 5) is 0. The van der Waals surface area contributed by atoms with Crippen LogP contribution in [0.1, 0.15) is 48.5 Å². The molecule has 1 aliphatic heterocycles. The number of hydrogen-bond donors (Lipinski definition) is 0. The monoisotopic (exact) mass is 421 g/mol. The first-order chi connectivity index (χ1) is 14.3. The molecule has 0 aliphatic carbocycles. The van der Waals surface area contributed by atoms with Crippen molar-refractivity contribution < 1.29 is 18.6 Å². The third kappa shape index (κ3) is 3.93. The molecule has 2 aromatic carbocycles. The maximum Gasteiger partial charge on any atom is 0.494 e. The third-order valence-electron chi connectivity index (χ3n) is 6.53. The Bertz CT molecular complexity index is 1110. The fraction of sp³-hybridized carbons (Fsp3) is 0.500. The summed E-state index contributed by atoms with van der Waals surface area (Å²) in [6.45, 7) is 14.4. The summed E-state index contributed by atoms with van der Waals surface area (Å²) >= 11 is 0. The molecular weight excluding hydrogens is 388 g/mol. The van der Waals surface area contributed by atoms with Crippen LogP contribution >= 0.6 is 0 Å². The van der Waals surface area contributed by atoms with Crippen molar-refractivity contribution in [3.63, 3.8) is 0 Å². The number of aryl methyl sites for hydroxylation is 1. The summed E-state index contributed by atoms with van der Waals surface area (Å²) in [5, 5.41) is 2.32. The van der Waals surface area contributed by atoms with E-state index in [1.165, 1.54) is 0 Å². The van der Waals surface area contributed by atoms with Crippen LogP contribution in [0.2, 0.25) is 0 Å². The summed E-state index contributed by atoms with van der Waals surface area (Å²) in [5.74, 6) is 0. The maximum absolute atomic E-state index is 6.28. The Morgan fingerprint density at radius 3 is 2.00 bits per heavy atom. The first kappa shape index (κ1) is 22.4. The zero-order valence-electron chi connectivity index (χ0n) is 20.2. The molecule has 0 unspecified atom stereocenters. The summed E-state index contributed by atoms with van der Waals surface area (Å²) < 4.78 is 26.6. The van der Waals surface area contributed by atoms with E-state index in [1.54, 1.807) is 7.11 Å². The van der Waals surface area contributed by atoms with Gasteiger partial charge in [0.15, 0.2) is 0 Å². The molecular formula is C24H33B2NO4. The first-order valence-corrected chi connectivity index (χ1v) is 10.9. The highest BCUT2D eigenvalue weighted by Gasteiger charge is 2.51. The van der Waals surface area contributed by atoms with Crippen LogP contribution in [0, 0.1) is 0 Å². The molecule has 164 valence electrons. The van der Waals surface area contributed by atoms with Gasteiger partial charge in [-0.1, -0.05) is 24.3 Å². The van der Waals surface area contributed by atoms with Crippen LogP contribution in [0.4, 0.5) is 0 Å². The van der Waals surface area contributed by atoms with Crippen molar-refractivity contribution >= 4 is 47.0 Å². The largest absolute Gasteiger partial charge is 0.494 e. The Hall–Kier alpha value is -1.79.